The number of aromatic nitrogens is 2. The van der Waals surface area contributed by atoms with E-state index >= 15 is 0 Å². The zero-order chi connectivity index (χ0) is 10.1. The number of hydrogen-bond acceptors (Lipinski definition) is 3. The Bertz CT molecular complexity index is 454. The van der Waals surface area contributed by atoms with Crippen molar-refractivity contribution in [3.8, 4) is 17.2 Å². The first-order chi connectivity index (χ1) is 6.68. The molecule has 72 valence electrons. The van der Waals surface area contributed by atoms with Gasteiger partial charge in [-0.15, -0.1) is 0 Å². The van der Waals surface area contributed by atoms with Crippen LogP contribution >= 0.6 is 0 Å². The van der Waals surface area contributed by atoms with Crippen molar-refractivity contribution < 1.29 is 14.6 Å². The Balaban J connectivity index is 2.60. The Morgan fingerprint density at radius 2 is 1.93 bits per heavy atom. The topological polar surface area (TPSA) is 58.3 Å². The summed E-state index contributed by atoms with van der Waals surface area (Å²) in [7, 11) is 0. The predicted molar refractivity (Wildman–Crippen MR) is 46.9 cm³/mol. The van der Waals surface area contributed by atoms with Gasteiger partial charge in [0.2, 0.25) is 0 Å². The number of aromatic hydroxyl groups is 2. The van der Waals surface area contributed by atoms with Gasteiger partial charge in [-0.3, -0.25) is 0 Å². The largest absolute Gasteiger partial charge is 0.504 e. The molecule has 1 aromatic heterocycles. The highest BCUT2D eigenvalue weighted by Crippen LogP contribution is 2.28. The Morgan fingerprint density at radius 3 is 2.57 bits per heavy atom. The van der Waals surface area contributed by atoms with Crippen LogP contribution in [0.5, 0.6) is 11.5 Å². The molecule has 0 saturated heterocycles. The molecule has 0 atom stereocenters. The first-order valence-corrected chi connectivity index (χ1v) is 3.90. The quantitative estimate of drug-likeness (QED) is 0.675. The highest BCUT2D eigenvalue weighted by atomic mass is 19.1. The van der Waals surface area contributed by atoms with Crippen LogP contribution in [0.2, 0.25) is 0 Å². The number of phenolic OH excluding ortho intramolecular Hbond substituents is 2. The third-order valence-corrected chi connectivity index (χ3v) is 1.80. The lowest BCUT2D eigenvalue weighted by Gasteiger charge is -2.04. The van der Waals surface area contributed by atoms with E-state index in [0.717, 1.165) is 12.1 Å². The van der Waals surface area contributed by atoms with Crippen molar-refractivity contribution >= 4 is 0 Å². The molecular formula is C9H7FN2O2. The second-order valence-electron chi connectivity index (χ2n) is 2.74. The number of halogens is 1. The summed E-state index contributed by atoms with van der Waals surface area (Å²) in [6.45, 7) is 0. The SMILES string of the molecule is Oc1cc(F)c(-n2cccn2)cc1O. The Hall–Kier alpha value is -2.04. The average molecular weight is 194 g/mol. The molecule has 0 unspecified atom stereocenters. The third kappa shape index (κ3) is 1.28. The maximum atomic E-state index is 13.3. The maximum Gasteiger partial charge on any atom is 0.160 e. The van der Waals surface area contributed by atoms with Crippen LogP contribution in [0.15, 0.2) is 30.6 Å². The number of phenols is 2. The predicted octanol–water partition coefficient (Wildman–Crippen LogP) is 1.42. The Morgan fingerprint density at radius 1 is 1.21 bits per heavy atom. The minimum absolute atomic E-state index is 0.0882. The van der Waals surface area contributed by atoms with Gasteiger partial charge in [0.25, 0.3) is 0 Å². The highest BCUT2D eigenvalue weighted by Gasteiger charge is 2.09. The van der Waals surface area contributed by atoms with Crippen LogP contribution in [0.1, 0.15) is 0 Å². The Kier molecular flexibility index (Phi) is 1.85. The van der Waals surface area contributed by atoms with Crippen LogP contribution in [0.3, 0.4) is 0 Å². The van der Waals surface area contributed by atoms with Crippen molar-refractivity contribution in [2.45, 2.75) is 0 Å². The average Bonchev–Trinajstić information content (AvgIpc) is 2.64. The second-order valence-corrected chi connectivity index (χ2v) is 2.74. The zero-order valence-corrected chi connectivity index (χ0v) is 7.05. The number of rotatable bonds is 1. The van der Waals surface area contributed by atoms with E-state index in [1.165, 1.54) is 17.1 Å². The minimum Gasteiger partial charge on any atom is -0.504 e. The van der Waals surface area contributed by atoms with Crippen molar-refractivity contribution in [3.63, 3.8) is 0 Å². The summed E-state index contributed by atoms with van der Waals surface area (Å²) >= 11 is 0. The van der Waals surface area contributed by atoms with Crippen molar-refractivity contribution in [3.05, 3.63) is 36.4 Å². The summed E-state index contributed by atoms with van der Waals surface area (Å²) in [4.78, 5) is 0. The molecule has 1 aromatic carbocycles. The fourth-order valence-corrected chi connectivity index (χ4v) is 1.13. The van der Waals surface area contributed by atoms with Crippen molar-refractivity contribution in [1.82, 2.24) is 9.78 Å². The zero-order valence-electron chi connectivity index (χ0n) is 7.05. The fraction of sp³-hybridized carbons (Fsp3) is 0. The lowest BCUT2D eigenvalue weighted by Crippen LogP contribution is -1.97. The summed E-state index contributed by atoms with van der Waals surface area (Å²) in [5, 5.41) is 22.0. The molecule has 0 spiro atoms. The van der Waals surface area contributed by atoms with E-state index in [0.29, 0.717) is 0 Å². The summed E-state index contributed by atoms with van der Waals surface area (Å²) < 4.78 is 14.5. The van der Waals surface area contributed by atoms with Gasteiger partial charge < -0.3 is 10.2 Å². The standard InChI is InChI=1S/C9H7FN2O2/c10-6-4-8(13)9(14)5-7(6)12-3-1-2-11-12/h1-5,13-14H. The van der Waals surface area contributed by atoms with Gasteiger partial charge in [-0.1, -0.05) is 0 Å². The first-order valence-electron chi connectivity index (χ1n) is 3.90. The number of benzene rings is 1. The molecule has 2 N–H and O–H groups in total. The normalized spacial score (nSPS) is 10.4. The van der Waals surface area contributed by atoms with Gasteiger partial charge in [-0.05, 0) is 6.07 Å². The molecule has 0 amide bonds. The van der Waals surface area contributed by atoms with Gasteiger partial charge in [0.05, 0.1) is 0 Å². The van der Waals surface area contributed by atoms with E-state index in [4.69, 9.17) is 10.2 Å². The molecule has 2 rings (SSSR count). The molecule has 0 aliphatic rings. The van der Waals surface area contributed by atoms with Gasteiger partial charge in [0.1, 0.15) is 5.69 Å². The third-order valence-electron chi connectivity index (χ3n) is 1.80. The van der Waals surface area contributed by atoms with E-state index in [1.54, 1.807) is 6.07 Å². The minimum atomic E-state index is -0.649. The van der Waals surface area contributed by atoms with Crippen LogP contribution in [-0.2, 0) is 0 Å². The van der Waals surface area contributed by atoms with Gasteiger partial charge in [0.15, 0.2) is 17.3 Å². The highest BCUT2D eigenvalue weighted by molar-refractivity contribution is 5.47. The lowest BCUT2D eigenvalue weighted by atomic mass is 10.2. The van der Waals surface area contributed by atoms with Crippen LogP contribution < -0.4 is 0 Å². The van der Waals surface area contributed by atoms with Crippen LogP contribution in [0.25, 0.3) is 5.69 Å². The molecule has 0 bridgehead atoms. The summed E-state index contributed by atoms with van der Waals surface area (Å²) in [6, 6.07) is 3.58. The van der Waals surface area contributed by atoms with E-state index < -0.39 is 11.6 Å². The van der Waals surface area contributed by atoms with Crippen molar-refractivity contribution in [2.24, 2.45) is 0 Å². The van der Waals surface area contributed by atoms with E-state index in [2.05, 4.69) is 5.10 Å². The first kappa shape index (κ1) is 8.55. The smallest absolute Gasteiger partial charge is 0.160 e. The molecule has 0 fully saturated rings. The van der Waals surface area contributed by atoms with E-state index in [1.807, 2.05) is 0 Å². The summed E-state index contributed by atoms with van der Waals surface area (Å²) in [5.74, 6) is -1.51. The van der Waals surface area contributed by atoms with Crippen LogP contribution in [0.4, 0.5) is 4.39 Å². The number of nitrogens with zero attached hydrogens (tertiary/aromatic N) is 2. The Labute approximate surface area is 78.8 Å². The van der Waals surface area contributed by atoms with Crippen molar-refractivity contribution in [2.75, 3.05) is 0 Å². The molecule has 0 aliphatic carbocycles. The maximum absolute atomic E-state index is 13.3. The summed E-state index contributed by atoms with van der Waals surface area (Å²) in [6.07, 6.45) is 3.03. The number of hydrogen-bond donors (Lipinski definition) is 2. The fourth-order valence-electron chi connectivity index (χ4n) is 1.13. The molecule has 1 heterocycles. The van der Waals surface area contributed by atoms with Gasteiger partial charge in [-0.2, -0.15) is 5.10 Å². The van der Waals surface area contributed by atoms with Gasteiger partial charge in [-0.25, -0.2) is 9.07 Å². The van der Waals surface area contributed by atoms with E-state index in [-0.39, 0.29) is 11.4 Å². The molecule has 0 radical (unpaired) electrons. The molecule has 5 heteroatoms. The van der Waals surface area contributed by atoms with Crippen molar-refractivity contribution in [1.29, 1.82) is 0 Å². The lowest BCUT2D eigenvalue weighted by molar-refractivity contribution is 0.399. The molecular weight excluding hydrogens is 187 g/mol. The summed E-state index contributed by atoms with van der Waals surface area (Å²) in [5.41, 5.74) is 0.0882. The second kappa shape index (κ2) is 3.02. The van der Waals surface area contributed by atoms with Crippen LogP contribution in [0, 0.1) is 5.82 Å². The van der Waals surface area contributed by atoms with Gasteiger partial charge >= 0.3 is 0 Å². The molecule has 0 saturated carbocycles. The molecule has 14 heavy (non-hydrogen) atoms. The van der Waals surface area contributed by atoms with Crippen LogP contribution in [-0.4, -0.2) is 20.0 Å². The monoisotopic (exact) mass is 194 g/mol. The molecule has 0 aliphatic heterocycles. The van der Waals surface area contributed by atoms with Gasteiger partial charge in [0, 0.05) is 24.5 Å². The molecule has 4 nitrogen and oxygen atoms in total. The molecule has 2 aromatic rings. The van der Waals surface area contributed by atoms with E-state index in [9.17, 15) is 4.39 Å².